The van der Waals surface area contributed by atoms with E-state index in [0.717, 1.165) is 4.90 Å². The van der Waals surface area contributed by atoms with Gasteiger partial charge in [-0.2, -0.15) is 0 Å². The van der Waals surface area contributed by atoms with E-state index in [1.165, 1.54) is 30.3 Å². The highest BCUT2D eigenvalue weighted by Crippen LogP contribution is 2.31. The number of halogens is 2. The number of carbonyl (C=O) groups excluding carboxylic acids is 2. The monoisotopic (exact) mass is 376 g/mol. The van der Waals surface area contributed by atoms with Crippen LogP contribution < -0.4 is 10.2 Å². The summed E-state index contributed by atoms with van der Waals surface area (Å²) < 4.78 is 0. The molecule has 0 aliphatic carbocycles. The highest BCUT2D eigenvalue weighted by molar-refractivity contribution is 6.53. The van der Waals surface area contributed by atoms with Crippen molar-refractivity contribution in [3.63, 3.8) is 0 Å². The van der Waals surface area contributed by atoms with Crippen molar-refractivity contribution >= 4 is 52.4 Å². The second kappa shape index (κ2) is 6.58. The molecular formula is C17H10Cl2N2O4. The van der Waals surface area contributed by atoms with Gasteiger partial charge in [0.05, 0.1) is 11.3 Å². The molecule has 2 amide bonds. The van der Waals surface area contributed by atoms with Gasteiger partial charge in [0, 0.05) is 10.7 Å². The summed E-state index contributed by atoms with van der Waals surface area (Å²) in [6.45, 7) is 0. The lowest BCUT2D eigenvalue weighted by Crippen LogP contribution is -2.32. The van der Waals surface area contributed by atoms with Crippen LogP contribution in [0.1, 0.15) is 10.4 Å². The Morgan fingerprint density at radius 1 is 1.00 bits per heavy atom. The number of carboxylic acids is 1. The van der Waals surface area contributed by atoms with Gasteiger partial charge in [-0.05, 0) is 42.5 Å². The van der Waals surface area contributed by atoms with Crippen LogP contribution in [0.5, 0.6) is 0 Å². The van der Waals surface area contributed by atoms with Gasteiger partial charge in [-0.1, -0.05) is 29.3 Å². The first kappa shape index (κ1) is 17.0. The molecule has 2 aromatic carbocycles. The number of hydrogen-bond acceptors (Lipinski definition) is 4. The largest absolute Gasteiger partial charge is 0.478 e. The fraction of sp³-hybridized carbons (Fsp3) is 0. The Labute approximate surface area is 152 Å². The van der Waals surface area contributed by atoms with Crippen LogP contribution in [0.3, 0.4) is 0 Å². The maximum absolute atomic E-state index is 12.6. The molecule has 6 nitrogen and oxygen atoms in total. The van der Waals surface area contributed by atoms with Crippen LogP contribution in [0.2, 0.25) is 5.02 Å². The molecule has 0 radical (unpaired) electrons. The number of amides is 2. The molecule has 1 heterocycles. The number of benzene rings is 2. The third-order valence-electron chi connectivity index (χ3n) is 3.49. The first-order valence-corrected chi connectivity index (χ1v) is 7.78. The van der Waals surface area contributed by atoms with Crippen molar-refractivity contribution < 1.29 is 19.5 Å². The summed E-state index contributed by atoms with van der Waals surface area (Å²) in [5, 5.41) is 11.8. The van der Waals surface area contributed by atoms with E-state index in [1.807, 2.05) is 0 Å². The number of anilines is 2. The van der Waals surface area contributed by atoms with Crippen LogP contribution in [0, 0.1) is 0 Å². The third-order valence-corrected chi connectivity index (χ3v) is 4.08. The zero-order valence-electron chi connectivity index (χ0n) is 12.5. The minimum Gasteiger partial charge on any atom is -0.478 e. The second-order valence-electron chi connectivity index (χ2n) is 5.12. The van der Waals surface area contributed by atoms with Gasteiger partial charge >= 0.3 is 5.97 Å². The summed E-state index contributed by atoms with van der Waals surface area (Å²) in [6, 6.07) is 12.0. The Morgan fingerprint density at radius 2 is 1.68 bits per heavy atom. The van der Waals surface area contributed by atoms with E-state index in [1.54, 1.807) is 18.2 Å². The molecule has 0 unspecified atom stereocenters. The Bertz CT molecular complexity index is 923. The first-order chi connectivity index (χ1) is 11.9. The molecule has 0 fully saturated rings. The summed E-state index contributed by atoms with van der Waals surface area (Å²) in [7, 11) is 0. The number of nitrogens with zero attached hydrogens (tertiary/aromatic N) is 1. The molecule has 3 rings (SSSR count). The van der Waals surface area contributed by atoms with Crippen LogP contribution in [0.25, 0.3) is 0 Å². The van der Waals surface area contributed by atoms with Crippen molar-refractivity contribution in [3.8, 4) is 0 Å². The summed E-state index contributed by atoms with van der Waals surface area (Å²) >= 11 is 11.9. The Kier molecular flexibility index (Phi) is 4.48. The molecule has 2 aromatic rings. The molecule has 1 aliphatic heterocycles. The minimum absolute atomic E-state index is 0.0882. The van der Waals surface area contributed by atoms with Gasteiger partial charge in [0.25, 0.3) is 11.8 Å². The van der Waals surface area contributed by atoms with E-state index < -0.39 is 17.8 Å². The third kappa shape index (κ3) is 3.22. The van der Waals surface area contributed by atoms with Crippen LogP contribution in [-0.2, 0) is 9.59 Å². The van der Waals surface area contributed by atoms with E-state index in [4.69, 9.17) is 28.3 Å². The molecule has 25 heavy (non-hydrogen) atoms. The van der Waals surface area contributed by atoms with Crippen molar-refractivity contribution in [2.24, 2.45) is 0 Å². The average molecular weight is 377 g/mol. The summed E-state index contributed by atoms with van der Waals surface area (Å²) in [5.74, 6) is -2.36. The summed E-state index contributed by atoms with van der Waals surface area (Å²) in [5.41, 5.74) is 0.737. The molecule has 2 N–H and O–H groups in total. The van der Waals surface area contributed by atoms with Gasteiger partial charge in [0.15, 0.2) is 0 Å². The van der Waals surface area contributed by atoms with Crippen LogP contribution >= 0.6 is 23.2 Å². The van der Waals surface area contributed by atoms with Crippen molar-refractivity contribution in [1.82, 2.24) is 0 Å². The Hall–Kier alpha value is -2.83. The lowest BCUT2D eigenvalue weighted by atomic mass is 10.2. The molecule has 1 aliphatic rings. The van der Waals surface area contributed by atoms with E-state index in [0.29, 0.717) is 16.4 Å². The van der Waals surface area contributed by atoms with E-state index in [9.17, 15) is 14.4 Å². The van der Waals surface area contributed by atoms with E-state index in [2.05, 4.69) is 5.32 Å². The number of carbonyl (C=O) groups is 3. The number of aromatic carboxylic acids is 1. The van der Waals surface area contributed by atoms with Crippen molar-refractivity contribution in [2.45, 2.75) is 0 Å². The maximum Gasteiger partial charge on any atom is 0.335 e. The van der Waals surface area contributed by atoms with Crippen molar-refractivity contribution in [3.05, 3.63) is 69.8 Å². The first-order valence-electron chi connectivity index (χ1n) is 7.03. The number of rotatable bonds is 4. The van der Waals surface area contributed by atoms with Gasteiger partial charge in [-0.3, -0.25) is 9.59 Å². The number of nitrogens with one attached hydrogen (secondary N) is 1. The fourth-order valence-corrected chi connectivity index (χ4v) is 2.70. The lowest BCUT2D eigenvalue weighted by Gasteiger charge is -2.15. The standard InChI is InChI=1S/C17H10Cl2N2O4/c18-10-2-1-3-12(8-10)21-15(22)13(19)14(16(21)23)20-11-6-4-9(5-7-11)17(24)25/h1-8,20H,(H,24,25). The zero-order chi connectivity index (χ0) is 18.1. The van der Waals surface area contributed by atoms with Gasteiger partial charge in [0.1, 0.15) is 10.7 Å². The molecule has 0 bridgehead atoms. The second-order valence-corrected chi connectivity index (χ2v) is 5.94. The van der Waals surface area contributed by atoms with Crippen molar-refractivity contribution in [2.75, 3.05) is 10.2 Å². The Morgan fingerprint density at radius 3 is 2.28 bits per heavy atom. The molecule has 8 heteroatoms. The minimum atomic E-state index is -1.07. The molecule has 0 aromatic heterocycles. The smallest absolute Gasteiger partial charge is 0.335 e. The predicted molar refractivity (Wildman–Crippen MR) is 93.8 cm³/mol. The number of hydrogen-bond donors (Lipinski definition) is 2. The quantitative estimate of drug-likeness (QED) is 0.797. The highest BCUT2D eigenvalue weighted by atomic mass is 35.5. The summed E-state index contributed by atoms with van der Waals surface area (Å²) in [4.78, 5) is 36.7. The molecule has 0 atom stereocenters. The van der Waals surface area contributed by atoms with Crippen LogP contribution in [0.15, 0.2) is 59.3 Å². The van der Waals surface area contributed by atoms with Gasteiger partial charge in [-0.15, -0.1) is 0 Å². The summed E-state index contributed by atoms with van der Waals surface area (Å²) in [6.07, 6.45) is 0. The molecular weight excluding hydrogens is 367 g/mol. The number of imide groups is 1. The van der Waals surface area contributed by atoms with Crippen molar-refractivity contribution in [1.29, 1.82) is 0 Å². The van der Waals surface area contributed by atoms with Crippen LogP contribution in [0.4, 0.5) is 11.4 Å². The maximum atomic E-state index is 12.6. The fourth-order valence-electron chi connectivity index (χ4n) is 2.30. The van der Waals surface area contributed by atoms with Gasteiger partial charge in [-0.25, -0.2) is 9.69 Å². The van der Waals surface area contributed by atoms with E-state index >= 15 is 0 Å². The molecule has 0 spiro atoms. The zero-order valence-corrected chi connectivity index (χ0v) is 14.0. The SMILES string of the molecule is O=C(O)c1ccc(NC2=C(Cl)C(=O)N(c3cccc(Cl)c3)C2=O)cc1. The van der Waals surface area contributed by atoms with E-state index in [-0.39, 0.29) is 16.3 Å². The topological polar surface area (TPSA) is 86.7 Å². The molecule has 0 saturated heterocycles. The molecule has 0 saturated carbocycles. The lowest BCUT2D eigenvalue weighted by molar-refractivity contribution is -0.120. The average Bonchev–Trinajstić information content (AvgIpc) is 2.79. The normalized spacial score (nSPS) is 14.2. The highest BCUT2D eigenvalue weighted by Gasteiger charge is 2.39. The Balaban J connectivity index is 1.88. The predicted octanol–water partition coefficient (Wildman–Crippen LogP) is 3.47. The van der Waals surface area contributed by atoms with Crippen LogP contribution in [-0.4, -0.2) is 22.9 Å². The molecule has 126 valence electrons. The van der Waals surface area contributed by atoms with Gasteiger partial charge < -0.3 is 10.4 Å². The number of carboxylic acid groups (broad SMARTS) is 1. The van der Waals surface area contributed by atoms with Gasteiger partial charge in [0.2, 0.25) is 0 Å².